The first-order valence-corrected chi connectivity index (χ1v) is 7.75. The number of carbonyl (C=O) groups is 1. The number of ether oxygens (including phenoxy) is 1. The van der Waals surface area contributed by atoms with Crippen LogP contribution >= 0.6 is 0 Å². The quantitative estimate of drug-likeness (QED) is 0.896. The molecule has 3 rings (SSSR count). The molecule has 0 radical (unpaired) electrons. The molecular weight excluding hydrogens is 266 g/mol. The second-order valence-corrected chi connectivity index (χ2v) is 6.69. The predicted molar refractivity (Wildman–Crippen MR) is 79.7 cm³/mol. The van der Waals surface area contributed by atoms with E-state index in [0.717, 1.165) is 18.4 Å². The van der Waals surface area contributed by atoms with Gasteiger partial charge in [-0.15, -0.1) is 0 Å². The molecule has 0 saturated heterocycles. The Balaban J connectivity index is 1.50. The lowest BCUT2D eigenvalue weighted by atomic mass is 9.56. The number of carbonyl (C=O) groups excluding carboxylic acids is 1. The van der Waals surface area contributed by atoms with Gasteiger partial charge in [0.2, 0.25) is 0 Å². The van der Waals surface area contributed by atoms with Gasteiger partial charge >= 0.3 is 6.09 Å². The smallest absolute Gasteiger partial charge is 0.407 e. The number of hydrogen-bond acceptors (Lipinski definition) is 3. The van der Waals surface area contributed by atoms with Crippen LogP contribution < -0.4 is 5.32 Å². The highest BCUT2D eigenvalue weighted by Crippen LogP contribution is 2.57. The molecule has 4 nitrogen and oxygen atoms in total. The lowest BCUT2D eigenvalue weighted by molar-refractivity contribution is -0.0299. The van der Waals surface area contributed by atoms with Gasteiger partial charge in [0.1, 0.15) is 6.61 Å². The molecule has 1 aromatic rings. The van der Waals surface area contributed by atoms with Crippen LogP contribution in [-0.4, -0.2) is 23.3 Å². The molecule has 2 aliphatic carbocycles. The highest BCUT2D eigenvalue weighted by molar-refractivity contribution is 5.68. The molecule has 4 heteroatoms. The minimum atomic E-state index is -0.460. The number of rotatable bonds is 4. The van der Waals surface area contributed by atoms with E-state index < -0.39 is 11.6 Å². The Hall–Kier alpha value is -1.55. The zero-order chi connectivity index (χ0) is 14.8. The van der Waals surface area contributed by atoms with Crippen molar-refractivity contribution in [1.29, 1.82) is 0 Å². The number of hydrogen-bond donors (Lipinski definition) is 2. The van der Waals surface area contributed by atoms with Crippen molar-refractivity contribution < 1.29 is 14.6 Å². The Morgan fingerprint density at radius 3 is 2.48 bits per heavy atom. The number of aliphatic hydroxyl groups excluding tert-OH is 1. The van der Waals surface area contributed by atoms with Crippen molar-refractivity contribution in [3.63, 3.8) is 0 Å². The van der Waals surface area contributed by atoms with Gasteiger partial charge < -0.3 is 15.2 Å². The molecule has 0 bridgehead atoms. The molecule has 21 heavy (non-hydrogen) atoms. The minimum Gasteiger partial charge on any atom is -0.445 e. The Kier molecular flexibility index (Phi) is 3.89. The summed E-state index contributed by atoms with van der Waals surface area (Å²) in [4.78, 5) is 11.9. The number of benzene rings is 1. The van der Waals surface area contributed by atoms with Crippen LogP contribution in [0.1, 0.15) is 44.1 Å². The summed E-state index contributed by atoms with van der Waals surface area (Å²) in [7, 11) is 0. The maximum absolute atomic E-state index is 11.9. The normalized spacial score (nSPS) is 21.8. The van der Waals surface area contributed by atoms with Gasteiger partial charge in [-0.05, 0) is 36.7 Å². The van der Waals surface area contributed by atoms with Gasteiger partial charge in [-0.1, -0.05) is 43.2 Å². The highest BCUT2D eigenvalue weighted by Gasteiger charge is 2.55. The van der Waals surface area contributed by atoms with E-state index in [0.29, 0.717) is 5.41 Å². The van der Waals surface area contributed by atoms with Gasteiger partial charge in [0.05, 0.1) is 12.1 Å². The van der Waals surface area contributed by atoms with Crippen molar-refractivity contribution in [1.82, 2.24) is 5.32 Å². The summed E-state index contributed by atoms with van der Waals surface area (Å²) in [5.41, 5.74) is 0.875. The zero-order valence-corrected chi connectivity index (χ0v) is 12.3. The number of amides is 1. The molecule has 0 heterocycles. The van der Waals surface area contributed by atoms with Gasteiger partial charge in [-0.25, -0.2) is 4.79 Å². The molecule has 1 amide bonds. The van der Waals surface area contributed by atoms with E-state index in [1.165, 1.54) is 25.7 Å². The van der Waals surface area contributed by atoms with E-state index in [9.17, 15) is 9.90 Å². The van der Waals surface area contributed by atoms with E-state index in [1.54, 1.807) is 0 Å². The molecule has 1 aromatic carbocycles. The van der Waals surface area contributed by atoms with E-state index >= 15 is 0 Å². The molecule has 2 saturated carbocycles. The topological polar surface area (TPSA) is 58.6 Å². The molecule has 0 atom stereocenters. The second-order valence-electron chi connectivity index (χ2n) is 6.69. The van der Waals surface area contributed by atoms with E-state index in [1.807, 2.05) is 30.3 Å². The summed E-state index contributed by atoms with van der Waals surface area (Å²) in [5, 5.41) is 12.5. The van der Waals surface area contributed by atoms with Crippen molar-refractivity contribution in [3.8, 4) is 0 Å². The van der Waals surface area contributed by atoms with Crippen LogP contribution in [0.2, 0.25) is 0 Å². The third kappa shape index (κ3) is 3.05. The summed E-state index contributed by atoms with van der Waals surface area (Å²) in [6.07, 6.45) is 6.36. The number of aliphatic hydroxyl groups is 1. The summed E-state index contributed by atoms with van der Waals surface area (Å²) in [5.74, 6) is 0. The number of nitrogens with one attached hydrogen (secondary N) is 1. The zero-order valence-electron chi connectivity index (χ0n) is 12.3. The minimum absolute atomic E-state index is 0.00477. The third-order valence-electron chi connectivity index (χ3n) is 4.97. The molecule has 0 aromatic heterocycles. The average Bonchev–Trinajstić information content (AvgIpc) is 2.94. The fourth-order valence-corrected chi connectivity index (χ4v) is 4.08. The summed E-state index contributed by atoms with van der Waals surface area (Å²) >= 11 is 0. The number of alkyl carbamates (subject to hydrolysis) is 1. The van der Waals surface area contributed by atoms with E-state index in [4.69, 9.17) is 4.74 Å². The monoisotopic (exact) mass is 289 g/mol. The predicted octanol–water partition coefficient (Wildman–Crippen LogP) is 3.00. The lowest BCUT2D eigenvalue weighted by Gasteiger charge is -2.54. The fourth-order valence-electron chi connectivity index (χ4n) is 4.08. The largest absolute Gasteiger partial charge is 0.445 e. The van der Waals surface area contributed by atoms with E-state index in [2.05, 4.69) is 5.32 Å². The molecule has 0 unspecified atom stereocenters. The molecular formula is C17H23NO3. The van der Waals surface area contributed by atoms with Crippen LogP contribution in [0.25, 0.3) is 0 Å². The van der Waals surface area contributed by atoms with Crippen LogP contribution in [0.4, 0.5) is 4.79 Å². The van der Waals surface area contributed by atoms with Gasteiger partial charge in [0.15, 0.2) is 0 Å². The summed E-state index contributed by atoms with van der Waals surface area (Å²) in [6.45, 7) is 0.258. The average molecular weight is 289 g/mol. The third-order valence-corrected chi connectivity index (χ3v) is 4.97. The fraction of sp³-hybridized carbons (Fsp3) is 0.588. The van der Waals surface area contributed by atoms with Gasteiger partial charge in [0.25, 0.3) is 0 Å². The Morgan fingerprint density at radius 1 is 1.19 bits per heavy atom. The highest BCUT2D eigenvalue weighted by atomic mass is 16.5. The van der Waals surface area contributed by atoms with Crippen LogP contribution in [0.15, 0.2) is 30.3 Å². The van der Waals surface area contributed by atoms with Crippen molar-refractivity contribution >= 4 is 6.09 Å². The first-order valence-electron chi connectivity index (χ1n) is 7.75. The lowest BCUT2D eigenvalue weighted by Crippen LogP contribution is -2.63. The maximum Gasteiger partial charge on any atom is 0.407 e. The van der Waals surface area contributed by atoms with Gasteiger partial charge in [-0.2, -0.15) is 0 Å². The summed E-state index contributed by atoms with van der Waals surface area (Å²) in [6, 6.07) is 9.61. The SMILES string of the molecule is O=C(NC1(CO)CC2(CCCC2)C1)OCc1ccccc1. The summed E-state index contributed by atoms with van der Waals surface area (Å²) < 4.78 is 5.25. The van der Waals surface area contributed by atoms with Crippen LogP contribution in [0.3, 0.4) is 0 Å². The first kappa shape index (κ1) is 14.4. The molecule has 2 aliphatic rings. The first-order chi connectivity index (χ1) is 10.2. The molecule has 0 aliphatic heterocycles. The second kappa shape index (κ2) is 5.68. The standard InChI is InChI=1S/C17H23NO3/c19-13-17(11-16(12-17)8-4-5-9-16)18-15(20)21-10-14-6-2-1-3-7-14/h1-3,6-7,19H,4-5,8-13H2,(H,18,20). The Bertz CT molecular complexity index is 486. The van der Waals surface area contributed by atoms with Crippen molar-refractivity contribution in [3.05, 3.63) is 35.9 Å². The Morgan fingerprint density at radius 2 is 1.86 bits per heavy atom. The maximum atomic E-state index is 11.9. The molecule has 2 fully saturated rings. The Labute approximate surface area is 125 Å². The van der Waals surface area contributed by atoms with Crippen molar-refractivity contribution in [2.45, 2.75) is 50.7 Å². The molecule has 2 N–H and O–H groups in total. The van der Waals surface area contributed by atoms with E-state index in [-0.39, 0.29) is 13.2 Å². The van der Waals surface area contributed by atoms with Crippen LogP contribution in [0, 0.1) is 5.41 Å². The van der Waals surface area contributed by atoms with Crippen molar-refractivity contribution in [2.24, 2.45) is 5.41 Å². The van der Waals surface area contributed by atoms with Crippen molar-refractivity contribution in [2.75, 3.05) is 6.61 Å². The van der Waals surface area contributed by atoms with Crippen LogP contribution in [0.5, 0.6) is 0 Å². The molecule has 1 spiro atoms. The van der Waals surface area contributed by atoms with Gasteiger partial charge in [0, 0.05) is 0 Å². The van der Waals surface area contributed by atoms with Crippen LogP contribution in [-0.2, 0) is 11.3 Å². The molecule has 114 valence electrons. The van der Waals surface area contributed by atoms with Gasteiger partial charge in [-0.3, -0.25) is 0 Å².